The van der Waals surface area contributed by atoms with Crippen molar-refractivity contribution in [2.45, 2.75) is 18.2 Å². The standard InChI is InChI=1S/C19H30N2O6S/c1-4-16-5-6-17(19(22)20(7-11-25-2)8-12-26-3)15-18(16)28(23,24)21-9-13-27-14-10-21/h5-6,15H,4,7-14H2,1-3H3. The number of sulfonamides is 1. The van der Waals surface area contributed by atoms with Crippen molar-refractivity contribution < 1.29 is 27.4 Å². The lowest BCUT2D eigenvalue weighted by Gasteiger charge is -2.27. The van der Waals surface area contributed by atoms with Gasteiger partial charge in [-0.2, -0.15) is 4.31 Å². The number of nitrogens with zero attached hydrogens (tertiary/aromatic N) is 2. The van der Waals surface area contributed by atoms with Crippen molar-refractivity contribution in [2.24, 2.45) is 0 Å². The molecule has 28 heavy (non-hydrogen) atoms. The van der Waals surface area contributed by atoms with Crippen molar-refractivity contribution in [1.29, 1.82) is 0 Å². The highest BCUT2D eigenvalue weighted by Crippen LogP contribution is 2.24. The molecule has 1 aliphatic heterocycles. The van der Waals surface area contributed by atoms with Gasteiger partial charge in [-0.05, 0) is 24.1 Å². The summed E-state index contributed by atoms with van der Waals surface area (Å²) in [5.41, 5.74) is 1.04. The maximum Gasteiger partial charge on any atom is 0.254 e. The number of hydrogen-bond donors (Lipinski definition) is 0. The molecule has 0 aromatic heterocycles. The second-order valence-electron chi connectivity index (χ2n) is 6.47. The number of carbonyl (C=O) groups excluding carboxylic acids is 1. The van der Waals surface area contributed by atoms with E-state index >= 15 is 0 Å². The van der Waals surface area contributed by atoms with E-state index in [0.717, 1.165) is 0 Å². The molecule has 0 spiro atoms. The summed E-state index contributed by atoms with van der Waals surface area (Å²) in [7, 11) is -0.544. The van der Waals surface area contributed by atoms with Gasteiger partial charge in [-0.25, -0.2) is 8.42 Å². The third kappa shape index (κ3) is 5.51. The number of hydrogen-bond acceptors (Lipinski definition) is 6. The molecule has 0 bridgehead atoms. The van der Waals surface area contributed by atoms with Crippen molar-refractivity contribution in [1.82, 2.24) is 9.21 Å². The minimum atomic E-state index is -3.69. The highest BCUT2D eigenvalue weighted by molar-refractivity contribution is 7.89. The first-order valence-corrected chi connectivity index (χ1v) is 10.9. The fourth-order valence-electron chi connectivity index (χ4n) is 3.05. The van der Waals surface area contributed by atoms with Gasteiger partial charge in [0.2, 0.25) is 10.0 Å². The van der Waals surface area contributed by atoms with Gasteiger partial charge in [0.05, 0.1) is 31.3 Å². The number of amides is 1. The van der Waals surface area contributed by atoms with Gasteiger partial charge in [0.1, 0.15) is 0 Å². The van der Waals surface area contributed by atoms with E-state index in [0.29, 0.717) is 70.2 Å². The molecular formula is C19H30N2O6S. The molecule has 2 rings (SSSR count). The number of rotatable bonds is 10. The van der Waals surface area contributed by atoms with Crippen molar-refractivity contribution in [2.75, 3.05) is 66.8 Å². The molecule has 158 valence electrons. The SMILES string of the molecule is CCc1ccc(C(=O)N(CCOC)CCOC)cc1S(=O)(=O)N1CCOCC1. The maximum absolute atomic E-state index is 13.2. The first-order chi connectivity index (χ1) is 13.5. The Labute approximate surface area is 167 Å². The van der Waals surface area contributed by atoms with E-state index in [1.54, 1.807) is 31.3 Å². The zero-order valence-corrected chi connectivity index (χ0v) is 17.7. The van der Waals surface area contributed by atoms with E-state index in [2.05, 4.69) is 0 Å². The third-order valence-electron chi connectivity index (χ3n) is 4.70. The Morgan fingerprint density at radius 3 is 2.29 bits per heavy atom. The van der Waals surface area contributed by atoms with Crippen LogP contribution in [0.1, 0.15) is 22.8 Å². The average molecular weight is 415 g/mol. The van der Waals surface area contributed by atoms with E-state index in [1.807, 2.05) is 6.92 Å². The van der Waals surface area contributed by atoms with Crippen LogP contribution in [-0.4, -0.2) is 90.4 Å². The van der Waals surface area contributed by atoms with Gasteiger partial charge < -0.3 is 19.1 Å². The van der Waals surface area contributed by atoms with Crippen molar-refractivity contribution in [3.05, 3.63) is 29.3 Å². The molecule has 0 radical (unpaired) electrons. The Hall–Kier alpha value is -1.52. The van der Waals surface area contributed by atoms with Crippen LogP contribution >= 0.6 is 0 Å². The molecule has 0 atom stereocenters. The van der Waals surface area contributed by atoms with Gasteiger partial charge >= 0.3 is 0 Å². The number of ether oxygens (including phenoxy) is 3. The van der Waals surface area contributed by atoms with Crippen LogP contribution in [0.4, 0.5) is 0 Å². The molecule has 1 fully saturated rings. The molecule has 8 nitrogen and oxygen atoms in total. The Morgan fingerprint density at radius 1 is 1.14 bits per heavy atom. The normalized spacial score (nSPS) is 15.5. The summed E-state index contributed by atoms with van der Waals surface area (Å²) in [5, 5.41) is 0. The Balaban J connectivity index is 2.35. The van der Waals surface area contributed by atoms with E-state index in [-0.39, 0.29) is 10.8 Å². The molecule has 1 saturated heterocycles. The summed E-state index contributed by atoms with van der Waals surface area (Å²) >= 11 is 0. The summed E-state index contributed by atoms with van der Waals surface area (Å²) in [5.74, 6) is -0.241. The van der Waals surface area contributed by atoms with Crippen LogP contribution in [0, 0.1) is 0 Å². The van der Waals surface area contributed by atoms with Crippen molar-refractivity contribution in [3.8, 4) is 0 Å². The Morgan fingerprint density at radius 2 is 1.75 bits per heavy atom. The molecule has 9 heteroatoms. The second kappa shape index (κ2) is 10.9. The number of aryl methyl sites for hydroxylation is 1. The Kier molecular flexibility index (Phi) is 8.84. The second-order valence-corrected chi connectivity index (χ2v) is 8.38. The van der Waals surface area contributed by atoms with Crippen molar-refractivity contribution in [3.63, 3.8) is 0 Å². The van der Waals surface area contributed by atoms with Crippen LogP contribution in [0.5, 0.6) is 0 Å². The zero-order valence-electron chi connectivity index (χ0n) is 16.8. The molecule has 1 aromatic rings. The third-order valence-corrected chi connectivity index (χ3v) is 6.68. The number of carbonyl (C=O) groups is 1. The van der Waals surface area contributed by atoms with Gasteiger partial charge in [-0.1, -0.05) is 13.0 Å². The lowest BCUT2D eigenvalue weighted by atomic mass is 10.1. The largest absolute Gasteiger partial charge is 0.383 e. The van der Waals surface area contributed by atoms with Crippen molar-refractivity contribution >= 4 is 15.9 Å². The van der Waals surface area contributed by atoms with Gasteiger partial charge in [-0.15, -0.1) is 0 Å². The number of methoxy groups -OCH3 is 2. The monoisotopic (exact) mass is 414 g/mol. The molecule has 1 aromatic carbocycles. The summed E-state index contributed by atoms with van der Waals surface area (Å²) in [6.07, 6.45) is 0.560. The summed E-state index contributed by atoms with van der Waals surface area (Å²) in [6, 6.07) is 4.91. The molecule has 0 unspecified atom stereocenters. The fourth-order valence-corrected chi connectivity index (χ4v) is 4.77. The van der Waals surface area contributed by atoms with Crippen LogP contribution in [0.2, 0.25) is 0 Å². The average Bonchev–Trinajstić information content (AvgIpc) is 2.73. The molecule has 0 aliphatic carbocycles. The van der Waals surface area contributed by atoms with E-state index in [9.17, 15) is 13.2 Å². The molecule has 1 heterocycles. The molecule has 1 amide bonds. The van der Waals surface area contributed by atoms with Crippen LogP contribution in [0.25, 0.3) is 0 Å². The van der Waals surface area contributed by atoms with Gasteiger partial charge in [-0.3, -0.25) is 4.79 Å². The predicted molar refractivity (Wildman–Crippen MR) is 105 cm³/mol. The molecule has 1 aliphatic rings. The lowest BCUT2D eigenvalue weighted by Crippen LogP contribution is -2.41. The minimum Gasteiger partial charge on any atom is -0.383 e. The van der Waals surface area contributed by atoms with Crippen LogP contribution in [0.15, 0.2) is 23.1 Å². The lowest BCUT2D eigenvalue weighted by molar-refractivity contribution is 0.0627. The van der Waals surface area contributed by atoms with Crippen LogP contribution in [0.3, 0.4) is 0 Å². The number of benzene rings is 1. The van der Waals surface area contributed by atoms with Gasteiger partial charge in [0.25, 0.3) is 5.91 Å². The predicted octanol–water partition coefficient (Wildman–Crippen LogP) is 1.00. The first-order valence-electron chi connectivity index (χ1n) is 9.43. The minimum absolute atomic E-state index is 0.196. The Bertz CT molecular complexity index is 739. The quantitative estimate of drug-likeness (QED) is 0.568. The van der Waals surface area contributed by atoms with Crippen LogP contribution in [-0.2, 0) is 30.7 Å². The molecule has 0 saturated carbocycles. The van der Waals surface area contributed by atoms with Gasteiger partial charge in [0.15, 0.2) is 0 Å². The fraction of sp³-hybridized carbons (Fsp3) is 0.632. The van der Waals surface area contributed by atoms with Crippen LogP contribution < -0.4 is 0 Å². The van der Waals surface area contributed by atoms with Gasteiger partial charge in [0, 0.05) is 46.0 Å². The summed E-state index contributed by atoms with van der Waals surface area (Å²) < 4.78 is 43.2. The topological polar surface area (TPSA) is 85.4 Å². The highest BCUT2D eigenvalue weighted by Gasteiger charge is 2.29. The number of morpholine rings is 1. The first kappa shape index (κ1) is 22.8. The zero-order chi connectivity index (χ0) is 20.6. The van der Waals surface area contributed by atoms with E-state index < -0.39 is 10.0 Å². The molecular weight excluding hydrogens is 384 g/mol. The van der Waals surface area contributed by atoms with E-state index in [1.165, 1.54) is 10.4 Å². The highest BCUT2D eigenvalue weighted by atomic mass is 32.2. The summed E-state index contributed by atoms with van der Waals surface area (Å²) in [4.78, 5) is 14.8. The molecule has 0 N–H and O–H groups in total. The smallest absolute Gasteiger partial charge is 0.254 e. The maximum atomic E-state index is 13.2. The van der Waals surface area contributed by atoms with E-state index in [4.69, 9.17) is 14.2 Å². The summed E-state index contributed by atoms with van der Waals surface area (Å²) in [6.45, 7) is 4.87.